The molecule has 2 heterocycles. The molecule has 0 fully saturated rings. The maximum absolute atomic E-state index is 11.5. The molecular formula is C12H7BrN2O2. The van der Waals surface area contributed by atoms with E-state index in [1.165, 1.54) is 6.07 Å². The van der Waals surface area contributed by atoms with Crippen LogP contribution in [0.5, 0.6) is 0 Å². The molecule has 1 aromatic carbocycles. The monoisotopic (exact) mass is 290 g/mol. The third-order valence-electron chi connectivity index (χ3n) is 2.47. The molecule has 5 heteroatoms. The van der Waals surface area contributed by atoms with Crippen LogP contribution in [-0.4, -0.2) is 9.55 Å². The summed E-state index contributed by atoms with van der Waals surface area (Å²) in [6.45, 7) is 0. The first-order chi connectivity index (χ1) is 8.24. The SMILES string of the molecule is O=c1cc(-n2ccnc2)c2ccc(Br)cc2o1. The van der Waals surface area contributed by atoms with Gasteiger partial charge in [-0.15, -0.1) is 0 Å². The lowest BCUT2D eigenvalue weighted by atomic mass is 10.2. The van der Waals surface area contributed by atoms with Gasteiger partial charge in [-0.05, 0) is 18.2 Å². The molecule has 0 aliphatic carbocycles. The Morgan fingerprint density at radius 3 is 2.94 bits per heavy atom. The van der Waals surface area contributed by atoms with Gasteiger partial charge in [-0.1, -0.05) is 15.9 Å². The fourth-order valence-corrected chi connectivity index (χ4v) is 2.07. The van der Waals surface area contributed by atoms with Crippen molar-refractivity contribution in [1.82, 2.24) is 9.55 Å². The van der Waals surface area contributed by atoms with Crippen LogP contribution in [0.3, 0.4) is 0 Å². The molecule has 0 bridgehead atoms. The minimum absolute atomic E-state index is 0.376. The van der Waals surface area contributed by atoms with E-state index in [0.717, 1.165) is 15.5 Å². The normalized spacial score (nSPS) is 10.9. The third-order valence-corrected chi connectivity index (χ3v) is 2.96. The van der Waals surface area contributed by atoms with Crippen molar-refractivity contribution in [2.75, 3.05) is 0 Å². The quantitative estimate of drug-likeness (QED) is 0.648. The summed E-state index contributed by atoms with van der Waals surface area (Å²) in [5.41, 5.74) is 0.941. The first-order valence-electron chi connectivity index (χ1n) is 4.96. The molecule has 0 radical (unpaired) electrons. The molecule has 2 aromatic heterocycles. The standard InChI is InChI=1S/C12H7BrN2O2/c13-8-1-2-9-10(15-4-3-14-7-15)6-12(16)17-11(9)5-8/h1-7H. The highest BCUT2D eigenvalue weighted by atomic mass is 79.9. The lowest BCUT2D eigenvalue weighted by Crippen LogP contribution is -2.02. The highest BCUT2D eigenvalue weighted by molar-refractivity contribution is 9.10. The second-order valence-corrected chi connectivity index (χ2v) is 4.48. The van der Waals surface area contributed by atoms with E-state index >= 15 is 0 Å². The van der Waals surface area contributed by atoms with Crippen LogP contribution in [0.4, 0.5) is 0 Å². The number of aromatic nitrogens is 2. The first kappa shape index (κ1) is 10.3. The van der Waals surface area contributed by atoms with E-state index in [-0.39, 0.29) is 5.63 Å². The number of rotatable bonds is 1. The molecule has 0 N–H and O–H groups in total. The Morgan fingerprint density at radius 2 is 2.18 bits per heavy atom. The molecule has 0 aliphatic heterocycles. The van der Waals surface area contributed by atoms with Crippen LogP contribution in [0.1, 0.15) is 0 Å². The maximum Gasteiger partial charge on any atom is 0.338 e. The molecule has 0 unspecified atom stereocenters. The van der Waals surface area contributed by atoms with E-state index in [0.29, 0.717) is 5.58 Å². The van der Waals surface area contributed by atoms with Gasteiger partial charge in [0.15, 0.2) is 0 Å². The van der Waals surface area contributed by atoms with Crippen molar-refractivity contribution in [1.29, 1.82) is 0 Å². The molecule has 0 spiro atoms. The van der Waals surface area contributed by atoms with Crippen LogP contribution in [0.25, 0.3) is 16.7 Å². The van der Waals surface area contributed by atoms with Crippen molar-refractivity contribution in [3.63, 3.8) is 0 Å². The van der Waals surface area contributed by atoms with Crippen LogP contribution >= 0.6 is 15.9 Å². The number of imidazole rings is 1. The molecule has 0 amide bonds. The minimum atomic E-state index is -0.376. The molecule has 0 atom stereocenters. The van der Waals surface area contributed by atoms with Crippen molar-refractivity contribution in [3.8, 4) is 5.69 Å². The Labute approximate surface area is 105 Å². The Kier molecular flexibility index (Phi) is 2.33. The van der Waals surface area contributed by atoms with Gasteiger partial charge in [0.2, 0.25) is 0 Å². The largest absolute Gasteiger partial charge is 0.423 e. The average molecular weight is 291 g/mol. The molecule has 0 saturated heterocycles. The van der Waals surface area contributed by atoms with Crippen molar-refractivity contribution in [2.45, 2.75) is 0 Å². The molecule has 17 heavy (non-hydrogen) atoms. The first-order valence-corrected chi connectivity index (χ1v) is 5.75. The summed E-state index contributed by atoms with van der Waals surface area (Å²) in [4.78, 5) is 15.5. The molecule has 3 rings (SSSR count). The highest BCUT2D eigenvalue weighted by Gasteiger charge is 2.07. The number of hydrogen-bond acceptors (Lipinski definition) is 3. The van der Waals surface area contributed by atoms with Gasteiger partial charge in [0.1, 0.15) is 5.58 Å². The van der Waals surface area contributed by atoms with Crippen LogP contribution < -0.4 is 5.63 Å². The zero-order chi connectivity index (χ0) is 11.8. The van der Waals surface area contributed by atoms with Gasteiger partial charge in [-0.25, -0.2) is 9.78 Å². The summed E-state index contributed by atoms with van der Waals surface area (Å²) in [7, 11) is 0. The average Bonchev–Trinajstić information content (AvgIpc) is 2.80. The fraction of sp³-hybridized carbons (Fsp3) is 0. The van der Waals surface area contributed by atoms with Gasteiger partial charge in [0.25, 0.3) is 0 Å². The summed E-state index contributed by atoms with van der Waals surface area (Å²) in [5.74, 6) is 0. The van der Waals surface area contributed by atoms with Gasteiger partial charge in [0.05, 0.1) is 12.0 Å². The zero-order valence-corrected chi connectivity index (χ0v) is 10.2. The lowest BCUT2D eigenvalue weighted by Gasteiger charge is -2.05. The molecule has 84 valence electrons. The van der Waals surface area contributed by atoms with Gasteiger partial charge in [0, 0.05) is 28.3 Å². The summed E-state index contributed by atoms with van der Waals surface area (Å²) in [6.07, 6.45) is 5.10. The number of nitrogens with zero attached hydrogens (tertiary/aromatic N) is 2. The second-order valence-electron chi connectivity index (χ2n) is 3.56. The van der Waals surface area contributed by atoms with Crippen molar-refractivity contribution in [2.24, 2.45) is 0 Å². The predicted octanol–water partition coefficient (Wildman–Crippen LogP) is 2.74. The van der Waals surface area contributed by atoms with Gasteiger partial charge in [-0.3, -0.25) is 0 Å². The smallest absolute Gasteiger partial charge is 0.338 e. The predicted molar refractivity (Wildman–Crippen MR) is 67.3 cm³/mol. The van der Waals surface area contributed by atoms with Crippen LogP contribution in [0.2, 0.25) is 0 Å². The summed E-state index contributed by atoms with van der Waals surface area (Å²) < 4.78 is 7.82. The van der Waals surface area contributed by atoms with Crippen LogP contribution in [-0.2, 0) is 0 Å². The van der Waals surface area contributed by atoms with E-state index in [1.807, 2.05) is 12.1 Å². The van der Waals surface area contributed by atoms with Crippen molar-refractivity contribution in [3.05, 3.63) is 57.9 Å². The summed E-state index contributed by atoms with van der Waals surface area (Å²) in [6, 6.07) is 7.04. The van der Waals surface area contributed by atoms with Gasteiger partial charge >= 0.3 is 5.63 Å². The number of hydrogen-bond donors (Lipinski definition) is 0. The Morgan fingerprint density at radius 1 is 1.29 bits per heavy atom. The van der Waals surface area contributed by atoms with Gasteiger partial charge < -0.3 is 8.98 Å². The number of fused-ring (bicyclic) bond motifs is 1. The molecular weight excluding hydrogens is 284 g/mol. The highest BCUT2D eigenvalue weighted by Crippen LogP contribution is 2.23. The molecule has 0 saturated carbocycles. The van der Waals surface area contributed by atoms with E-state index in [4.69, 9.17) is 4.42 Å². The Balaban J connectivity index is 2.42. The summed E-state index contributed by atoms with van der Waals surface area (Å²) in [5, 5.41) is 0.866. The summed E-state index contributed by atoms with van der Waals surface area (Å²) >= 11 is 3.35. The second kappa shape index (κ2) is 3.85. The zero-order valence-electron chi connectivity index (χ0n) is 8.63. The van der Waals surface area contributed by atoms with E-state index < -0.39 is 0 Å². The van der Waals surface area contributed by atoms with Crippen molar-refractivity contribution < 1.29 is 4.42 Å². The molecule has 4 nitrogen and oxygen atoms in total. The fourth-order valence-electron chi connectivity index (χ4n) is 1.73. The van der Waals surface area contributed by atoms with E-state index in [9.17, 15) is 4.79 Å². The Hall–Kier alpha value is -1.88. The number of benzene rings is 1. The topological polar surface area (TPSA) is 48.0 Å². The van der Waals surface area contributed by atoms with Crippen LogP contribution in [0.15, 0.2) is 56.7 Å². The lowest BCUT2D eigenvalue weighted by molar-refractivity contribution is 0.560. The van der Waals surface area contributed by atoms with E-state index in [1.54, 1.807) is 29.4 Å². The van der Waals surface area contributed by atoms with Crippen molar-refractivity contribution >= 4 is 26.9 Å². The number of halogens is 1. The minimum Gasteiger partial charge on any atom is -0.423 e. The third kappa shape index (κ3) is 1.78. The van der Waals surface area contributed by atoms with Crippen LogP contribution in [0, 0.1) is 0 Å². The van der Waals surface area contributed by atoms with E-state index in [2.05, 4.69) is 20.9 Å². The van der Waals surface area contributed by atoms with Gasteiger partial charge in [-0.2, -0.15) is 0 Å². The Bertz CT molecular complexity index is 732. The maximum atomic E-state index is 11.5. The molecule has 0 aliphatic rings. The molecule has 3 aromatic rings.